The smallest absolute Gasteiger partial charge is 0.326 e. The van der Waals surface area contributed by atoms with E-state index in [4.69, 9.17) is 22.9 Å². The van der Waals surface area contributed by atoms with E-state index in [2.05, 4.69) is 20.9 Å². The Morgan fingerprint density at radius 1 is 0.865 bits per heavy atom. The van der Waals surface area contributed by atoms with Crippen molar-refractivity contribution in [2.24, 2.45) is 39.8 Å². The molecule has 0 radical (unpaired) electrons. The van der Waals surface area contributed by atoms with Gasteiger partial charge in [-0.3, -0.25) is 19.4 Å². The van der Waals surface area contributed by atoms with Crippen LogP contribution in [0.2, 0.25) is 0 Å². The third kappa shape index (κ3) is 14.4. The van der Waals surface area contributed by atoms with Crippen LogP contribution in [0.4, 0.5) is 0 Å². The zero-order chi connectivity index (χ0) is 28.5. The molecule has 0 saturated heterocycles. The standard InChI is InChI=1S/C24H48N8O5/c1-5-15(4)19(22(35)30-17(23(36)37)10-8-12-29-24(27)28)32-21(34)18(13-14(2)3)31-20(33)16(26)9-6-7-11-25/h14-19H,5-13,25-26H2,1-4H3,(H,30,35)(H,31,33)(H,32,34)(H,36,37)(H4,27,28,29). The van der Waals surface area contributed by atoms with E-state index in [0.29, 0.717) is 38.6 Å². The van der Waals surface area contributed by atoms with Crippen molar-refractivity contribution in [2.45, 2.75) is 96.8 Å². The van der Waals surface area contributed by atoms with Gasteiger partial charge in [-0.1, -0.05) is 40.5 Å². The number of guanidine groups is 1. The van der Waals surface area contributed by atoms with Crippen LogP contribution in [0.1, 0.15) is 72.6 Å². The van der Waals surface area contributed by atoms with Gasteiger partial charge >= 0.3 is 5.97 Å². The lowest BCUT2D eigenvalue weighted by Gasteiger charge is -2.28. The van der Waals surface area contributed by atoms with Crippen LogP contribution in [0.25, 0.3) is 0 Å². The summed E-state index contributed by atoms with van der Waals surface area (Å²) in [6, 6.07) is -3.86. The highest BCUT2D eigenvalue weighted by molar-refractivity contribution is 5.94. The van der Waals surface area contributed by atoms with Crippen LogP contribution in [0, 0.1) is 11.8 Å². The second-order valence-corrected chi connectivity index (χ2v) is 9.80. The van der Waals surface area contributed by atoms with Crippen LogP contribution < -0.4 is 38.9 Å². The molecule has 3 amide bonds. The molecule has 0 aliphatic rings. The molecule has 12 N–H and O–H groups in total. The molecule has 5 atom stereocenters. The number of aliphatic imine (C=N–C) groups is 1. The van der Waals surface area contributed by atoms with E-state index in [9.17, 15) is 24.3 Å². The maximum absolute atomic E-state index is 13.2. The summed E-state index contributed by atoms with van der Waals surface area (Å²) in [4.78, 5) is 54.4. The van der Waals surface area contributed by atoms with Crippen LogP contribution in [0.15, 0.2) is 4.99 Å². The largest absolute Gasteiger partial charge is 0.480 e. The van der Waals surface area contributed by atoms with E-state index >= 15 is 0 Å². The Labute approximate surface area is 219 Å². The van der Waals surface area contributed by atoms with Gasteiger partial charge in [0.2, 0.25) is 17.7 Å². The number of nitrogens with zero attached hydrogens (tertiary/aromatic N) is 1. The Kier molecular flexibility index (Phi) is 16.9. The van der Waals surface area contributed by atoms with Gasteiger partial charge in [-0.2, -0.15) is 0 Å². The maximum atomic E-state index is 13.2. The predicted molar refractivity (Wildman–Crippen MR) is 143 cm³/mol. The van der Waals surface area contributed by atoms with Crippen molar-refractivity contribution in [1.82, 2.24) is 16.0 Å². The lowest BCUT2D eigenvalue weighted by molar-refractivity contribution is -0.143. The second-order valence-electron chi connectivity index (χ2n) is 9.80. The predicted octanol–water partition coefficient (Wildman–Crippen LogP) is -0.872. The number of carboxylic acids is 1. The van der Waals surface area contributed by atoms with Gasteiger partial charge in [0.1, 0.15) is 18.1 Å². The average Bonchev–Trinajstić information content (AvgIpc) is 2.82. The van der Waals surface area contributed by atoms with E-state index in [1.807, 2.05) is 20.8 Å². The Morgan fingerprint density at radius 2 is 1.49 bits per heavy atom. The monoisotopic (exact) mass is 528 g/mol. The molecule has 0 aromatic heterocycles. The van der Waals surface area contributed by atoms with E-state index in [0.717, 1.165) is 6.42 Å². The molecule has 5 unspecified atom stereocenters. The SMILES string of the molecule is CCC(C)C(NC(=O)C(CC(C)C)NC(=O)C(N)CCCCN)C(=O)NC(CCCN=C(N)N)C(=O)O. The van der Waals surface area contributed by atoms with Gasteiger partial charge in [0.05, 0.1) is 6.04 Å². The molecule has 0 saturated carbocycles. The molecule has 13 nitrogen and oxygen atoms in total. The summed E-state index contributed by atoms with van der Waals surface area (Å²) in [6.45, 7) is 8.18. The molecule has 13 heteroatoms. The minimum Gasteiger partial charge on any atom is -0.480 e. The molecule has 0 aliphatic heterocycles. The zero-order valence-electron chi connectivity index (χ0n) is 22.7. The number of unbranched alkanes of at least 4 members (excludes halogenated alkanes) is 1. The van der Waals surface area contributed by atoms with Gasteiger partial charge in [-0.05, 0) is 50.5 Å². The first-order valence-corrected chi connectivity index (χ1v) is 13.0. The molecule has 0 aliphatic carbocycles. The Hall–Kier alpha value is -2.93. The van der Waals surface area contributed by atoms with E-state index in [1.54, 1.807) is 6.92 Å². The third-order valence-electron chi connectivity index (χ3n) is 6.00. The molecule has 37 heavy (non-hydrogen) atoms. The van der Waals surface area contributed by atoms with E-state index < -0.39 is 47.9 Å². The number of nitrogens with one attached hydrogen (secondary N) is 3. The molecule has 0 aromatic carbocycles. The molecular formula is C24H48N8O5. The van der Waals surface area contributed by atoms with Crippen molar-refractivity contribution in [1.29, 1.82) is 0 Å². The highest BCUT2D eigenvalue weighted by Gasteiger charge is 2.32. The summed E-state index contributed by atoms with van der Waals surface area (Å²) in [5.41, 5.74) is 22.0. The Bertz CT molecular complexity index is 757. The van der Waals surface area contributed by atoms with Crippen LogP contribution >= 0.6 is 0 Å². The summed E-state index contributed by atoms with van der Waals surface area (Å²) in [5, 5.41) is 17.5. The highest BCUT2D eigenvalue weighted by atomic mass is 16.4. The van der Waals surface area contributed by atoms with Crippen LogP contribution in [-0.4, -0.2) is 72.0 Å². The fourth-order valence-corrected chi connectivity index (χ4v) is 3.60. The Morgan fingerprint density at radius 3 is 2.00 bits per heavy atom. The van der Waals surface area contributed by atoms with Crippen molar-refractivity contribution in [2.75, 3.05) is 13.1 Å². The van der Waals surface area contributed by atoms with Crippen molar-refractivity contribution < 1.29 is 24.3 Å². The summed E-state index contributed by atoms with van der Waals surface area (Å²) in [5.74, 6) is -3.14. The second kappa shape index (κ2) is 18.3. The highest BCUT2D eigenvalue weighted by Crippen LogP contribution is 2.12. The van der Waals surface area contributed by atoms with Crippen molar-refractivity contribution in [3.63, 3.8) is 0 Å². The number of hydrogen-bond acceptors (Lipinski definition) is 7. The number of carbonyl (C=O) groups is 4. The summed E-state index contributed by atoms with van der Waals surface area (Å²) >= 11 is 0. The van der Waals surface area contributed by atoms with Crippen molar-refractivity contribution >= 4 is 29.7 Å². The number of carboxylic acid groups (broad SMARTS) is 1. The number of nitrogens with two attached hydrogens (primary N) is 4. The lowest BCUT2D eigenvalue weighted by atomic mass is 9.96. The fourth-order valence-electron chi connectivity index (χ4n) is 3.60. The number of hydrogen-bond donors (Lipinski definition) is 8. The van der Waals surface area contributed by atoms with E-state index in [1.165, 1.54) is 0 Å². The number of carbonyl (C=O) groups excluding carboxylic acids is 3. The molecule has 0 heterocycles. The molecule has 0 rings (SSSR count). The number of aliphatic carboxylic acids is 1. The first kappa shape index (κ1) is 34.1. The topological polar surface area (TPSA) is 241 Å². The minimum absolute atomic E-state index is 0.0713. The Balaban J connectivity index is 5.45. The van der Waals surface area contributed by atoms with Crippen LogP contribution in [-0.2, 0) is 19.2 Å². The molecule has 0 spiro atoms. The van der Waals surface area contributed by atoms with E-state index in [-0.39, 0.29) is 30.8 Å². The molecule has 214 valence electrons. The van der Waals surface area contributed by atoms with Crippen molar-refractivity contribution in [3.8, 4) is 0 Å². The minimum atomic E-state index is -1.21. The lowest BCUT2D eigenvalue weighted by Crippen LogP contribution is -2.58. The molecular weight excluding hydrogens is 480 g/mol. The van der Waals surface area contributed by atoms with Gasteiger partial charge < -0.3 is 44.0 Å². The summed E-state index contributed by atoms with van der Waals surface area (Å²) in [7, 11) is 0. The van der Waals surface area contributed by atoms with Gasteiger partial charge in [0.15, 0.2) is 5.96 Å². The normalized spacial score (nSPS) is 15.1. The summed E-state index contributed by atoms with van der Waals surface area (Å²) in [6.07, 6.45) is 3.21. The molecule has 0 fully saturated rings. The third-order valence-corrected chi connectivity index (χ3v) is 6.00. The molecule has 0 bridgehead atoms. The van der Waals surface area contributed by atoms with Crippen LogP contribution in [0.3, 0.4) is 0 Å². The maximum Gasteiger partial charge on any atom is 0.326 e. The fraction of sp³-hybridized carbons (Fsp3) is 0.792. The summed E-state index contributed by atoms with van der Waals surface area (Å²) < 4.78 is 0. The first-order valence-electron chi connectivity index (χ1n) is 13.0. The number of rotatable bonds is 19. The van der Waals surface area contributed by atoms with Gasteiger partial charge in [-0.15, -0.1) is 0 Å². The quantitative estimate of drug-likeness (QED) is 0.0589. The van der Waals surface area contributed by atoms with Crippen LogP contribution in [0.5, 0.6) is 0 Å². The van der Waals surface area contributed by atoms with Gasteiger partial charge in [-0.25, -0.2) is 4.79 Å². The molecule has 0 aromatic rings. The average molecular weight is 529 g/mol. The first-order chi connectivity index (χ1) is 17.3. The van der Waals surface area contributed by atoms with Gasteiger partial charge in [0, 0.05) is 6.54 Å². The van der Waals surface area contributed by atoms with Crippen molar-refractivity contribution in [3.05, 3.63) is 0 Å². The zero-order valence-corrected chi connectivity index (χ0v) is 22.7. The van der Waals surface area contributed by atoms with Gasteiger partial charge in [0.25, 0.3) is 0 Å². The number of amides is 3.